The maximum Gasteiger partial charge on any atom is 0.262 e. The summed E-state index contributed by atoms with van der Waals surface area (Å²) in [5.41, 5.74) is 3.00. The number of hydrogen-bond donors (Lipinski definition) is 1. The first-order valence-electron chi connectivity index (χ1n) is 10.0. The van der Waals surface area contributed by atoms with E-state index < -0.39 is 6.10 Å². The van der Waals surface area contributed by atoms with Crippen LogP contribution in [0.25, 0.3) is 21.3 Å². The minimum atomic E-state index is -0.826. The van der Waals surface area contributed by atoms with Gasteiger partial charge in [0.2, 0.25) is 0 Å². The van der Waals surface area contributed by atoms with E-state index in [4.69, 9.17) is 4.74 Å². The minimum Gasteiger partial charge on any atom is -0.491 e. The Hall–Kier alpha value is -2.96. The maximum absolute atomic E-state index is 13.2. The third-order valence-corrected chi connectivity index (χ3v) is 6.11. The highest BCUT2D eigenvalue weighted by molar-refractivity contribution is 7.19. The SMILES string of the molecule is CCc1ccc(OCC(O)Cn2cnc3sc(C)c(-c4ccccc4)c3c2=O)cc1. The molecule has 0 aliphatic rings. The van der Waals surface area contributed by atoms with Crippen molar-refractivity contribution in [2.24, 2.45) is 0 Å². The summed E-state index contributed by atoms with van der Waals surface area (Å²) < 4.78 is 7.15. The van der Waals surface area contributed by atoms with E-state index in [2.05, 4.69) is 11.9 Å². The number of aliphatic hydroxyl groups excluding tert-OH is 1. The highest BCUT2D eigenvalue weighted by Crippen LogP contribution is 2.35. The first-order chi connectivity index (χ1) is 14.6. The van der Waals surface area contributed by atoms with Crippen molar-refractivity contribution in [1.82, 2.24) is 9.55 Å². The Morgan fingerprint density at radius 1 is 1.13 bits per heavy atom. The molecule has 2 aromatic carbocycles. The zero-order valence-electron chi connectivity index (χ0n) is 17.0. The second-order valence-corrected chi connectivity index (χ2v) is 8.45. The summed E-state index contributed by atoms with van der Waals surface area (Å²) in [5.74, 6) is 0.701. The largest absolute Gasteiger partial charge is 0.491 e. The van der Waals surface area contributed by atoms with E-state index in [1.54, 1.807) is 0 Å². The molecule has 0 amide bonds. The Morgan fingerprint density at radius 3 is 2.57 bits per heavy atom. The molecule has 2 aromatic heterocycles. The first kappa shape index (κ1) is 20.3. The molecule has 154 valence electrons. The summed E-state index contributed by atoms with van der Waals surface area (Å²) in [5, 5.41) is 11.0. The van der Waals surface area contributed by atoms with Crippen molar-refractivity contribution in [3.05, 3.63) is 81.7 Å². The molecule has 2 heterocycles. The van der Waals surface area contributed by atoms with Gasteiger partial charge in [0, 0.05) is 10.4 Å². The van der Waals surface area contributed by atoms with Crippen molar-refractivity contribution in [3.63, 3.8) is 0 Å². The highest BCUT2D eigenvalue weighted by atomic mass is 32.1. The van der Waals surface area contributed by atoms with Crippen LogP contribution in [-0.2, 0) is 13.0 Å². The molecule has 0 spiro atoms. The number of rotatable bonds is 7. The topological polar surface area (TPSA) is 64.3 Å². The van der Waals surface area contributed by atoms with Crippen molar-refractivity contribution >= 4 is 21.6 Å². The number of aryl methyl sites for hydroxylation is 2. The molecule has 0 saturated heterocycles. The Morgan fingerprint density at radius 2 is 1.87 bits per heavy atom. The van der Waals surface area contributed by atoms with Gasteiger partial charge in [0.05, 0.1) is 18.3 Å². The number of hydrogen-bond acceptors (Lipinski definition) is 5. The van der Waals surface area contributed by atoms with Gasteiger partial charge in [0.25, 0.3) is 5.56 Å². The van der Waals surface area contributed by atoms with Gasteiger partial charge in [-0.2, -0.15) is 0 Å². The van der Waals surface area contributed by atoms with Crippen LogP contribution >= 0.6 is 11.3 Å². The van der Waals surface area contributed by atoms with Crippen molar-refractivity contribution in [2.75, 3.05) is 6.61 Å². The molecule has 0 aliphatic heterocycles. The lowest BCUT2D eigenvalue weighted by Gasteiger charge is -2.14. The molecule has 4 rings (SSSR count). The fourth-order valence-corrected chi connectivity index (χ4v) is 4.52. The lowest BCUT2D eigenvalue weighted by Crippen LogP contribution is -2.30. The Kier molecular flexibility index (Phi) is 5.97. The molecule has 0 fully saturated rings. The number of aliphatic hydroxyl groups is 1. The quantitative estimate of drug-likeness (QED) is 0.480. The molecular formula is C24H24N2O3S. The number of aromatic nitrogens is 2. The Bertz CT molecular complexity index is 1200. The van der Waals surface area contributed by atoms with Crippen LogP contribution in [0.2, 0.25) is 0 Å². The van der Waals surface area contributed by atoms with E-state index in [0.29, 0.717) is 16.0 Å². The minimum absolute atomic E-state index is 0.101. The number of ether oxygens (including phenoxy) is 1. The van der Waals surface area contributed by atoms with Crippen LogP contribution in [0.15, 0.2) is 65.7 Å². The fourth-order valence-electron chi connectivity index (χ4n) is 3.51. The lowest BCUT2D eigenvalue weighted by atomic mass is 10.0. The number of thiophene rings is 1. The van der Waals surface area contributed by atoms with Crippen LogP contribution in [0.1, 0.15) is 17.4 Å². The summed E-state index contributed by atoms with van der Waals surface area (Å²) in [6, 6.07) is 17.7. The van der Waals surface area contributed by atoms with E-state index in [9.17, 15) is 9.90 Å². The summed E-state index contributed by atoms with van der Waals surface area (Å²) >= 11 is 1.51. The zero-order valence-corrected chi connectivity index (χ0v) is 17.9. The second kappa shape index (κ2) is 8.81. The van der Waals surface area contributed by atoms with Gasteiger partial charge >= 0.3 is 0 Å². The molecule has 4 aromatic rings. The van der Waals surface area contributed by atoms with E-state index in [0.717, 1.165) is 22.4 Å². The predicted octanol–water partition coefficient (Wildman–Crippen LogP) is 4.44. The molecule has 0 bridgehead atoms. The van der Waals surface area contributed by atoms with Crippen molar-refractivity contribution < 1.29 is 9.84 Å². The van der Waals surface area contributed by atoms with Gasteiger partial charge in [-0.15, -0.1) is 11.3 Å². The van der Waals surface area contributed by atoms with Gasteiger partial charge in [-0.3, -0.25) is 9.36 Å². The van der Waals surface area contributed by atoms with Crippen LogP contribution in [-0.4, -0.2) is 27.4 Å². The van der Waals surface area contributed by atoms with E-state index >= 15 is 0 Å². The smallest absolute Gasteiger partial charge is 0.262 e. The molecule has 1 unspecified atom stereocenters. The maximum atomic E-state index is 13.2. The molecular weight excluding hydrogens is 396 g/mol. The van der Waals surface area contributed by atoms with Gasteiger partial charge in [0.1, 0.15) is 23.3 Å². The number of benzene rings is 2. The monoisotopic (exact) mass is 420 g/mol. The van der Waals surface area contributed by atoms with Crippen LogP contribution in [0.4, 0.5) is 0 Å². The van der Waals surface area contributed by atoms with Gasteiger partial charge < -0.3 is 9.84 Å². The molecule has 0 saturated carbocycles. The van der Waals surface area contributed by atoms with E-state index in [1.165, 1.54) is 27.8 Å². The summed E-state index contributed by atoms with van der Waals surface area (Å²) in [6.45, 7) is 4.33. The van der Waals surface area contributed by atoms with Crippen molar-refractivity contribution in [3.8, 4) is 16.9 Å². The van der Waals surface area contributed by atoms with Crippen LogP contribution in [0, 0.1) is 6.92 Å². The molecule has 5 nitrogen and oxygen atoms in total. The lowest BCUT2D eigenvalue weighted by molar-refractivity contribution is 0.0915. The molecule has 0 aliphatic carbocycles. The van der Waals surface area contributed by atoms with E-state index in [-0.39, 0.29) is 18.7 Å². The predicted molar refractivity (Wildman–Crippen MR) is 121 cm³/mol. The van der Waals surface area contributed by atoms with Gasteiger partial charge in [-0.05, 0) is 36.6 Å². The molecule has 6 heteroatoms. The first-order valence-corrected chi connectivity index (χ1v) is 10.8. The Labute approximate surface area is 179 Å². The number of fused-ring (bicyclic) bond motifs is 1. The van der Waals surface area contributed by atoms with Gasteiger partial charge in [0.15, 0.2) is 0 Å². The fraction of sp³-hybridized carbons (Fsp3) is 0.250. The van der Waals surface area contributed by atoms with Crippen molar-refractivity contribution in [2.45, 2.75) is 32.9 Å². The normalized spacial score (nSPS) is 12.2. The Balaban J connectivity index is 1.55. The summed E-state index contributed by atoms with van der Waals surface area (Å²) in [4.78, 5) is 19.4. The molecule has 1 N–H and O–H groups in total. The van der Waals surface area contributed by atoms with Gasteiger partial charge in [-0.1, -0.05) is 49.4 Å². The van der Waals surface area contributed by atoms with Crippen LogP contribution in [0.3, 0.4) is 0 Å². The van der Waals surface area contributed by atoms with Gasteiger partial charge in [-0.25, -0.2) is 4.98 Å². The third-order valence-electron chi connectivity index (χ3n) is 5.10. The highest BCUT2D eigenvalue weighted by Gasteiger charge is 2.18. The molecule has 0 radical (unpaired) electrons. The van der Waals surface area contributed by atoms with Crippen LogP contribution in [0.5, 0.6) is 5.75 Å². The average Bonchev–Trinajstić information content (AvgIpc) is 3.12. The summed E-state index contributed by atoms with van der Waals surface area (Å²) in [6.07, 6.45) is 1.65. The second-order valence-electron chi connectivity index (χ2n) is 7.24. The average molecular weight is 421 g/mol. The van der Waals surface area contributed by atoms with Crippen LogP contribution < -0.4 is 10.3 Å². The standard InChI is InChI=1S/C24H24N2O3S/c1-3-17-9-11-20(12-10-17)29-14-19(27)13-26-15-25-23-22(24(26)28)21(16(2)30-23)18-7-5-4-6-8-18/h4-12,15,19,27H,3,13-14H2,1-2H3. The molecule has 1 atom stereocenters. The van der Waals surface area contributed by atoms with Crippen molar-refractivity contribution in [1.29, 1.82) is 0 Å². The molecule has 30 heavy (non-hydrogen) atoms. The number of nitrogens with zero attached hydrogens (tertiary/aromatic N) is 2. The van der Waals surface area contributed by atoms with E-state index in [1.807, 2.05) is 61.5 Å². The summed E-state index contributed by atoms with van der Waals surface area (Å²) in [7, 11) is 0. The zero-order chi connectivity index (χ0) is 21.1. The third kappa shape index (κ3) is 4.15.